The van der Waals surface area contributed by atoms with E-state index < -0.39 is 12.7 Å². The molecule has 0 aromatic carbocycles. The molecule has 0 heterocycles. The fourth-order valence-corrected chi connectivity index (χ4v) is 1.51. The second-order valence-corrected chi connectivity index (χ2v) is 3.82. The highest BCUT2D eigenvalue weighted by molar-refractivity contribution is 9.09. The van der Waals surface area contributed by atoms with Crippen molar-refractivity contribution >= 4 is 15.9 Å². The van der Waals surface area contributed by atoms with Crippen molar-refractivity contribution in [2.24, 2.45) is 0 Å². The molecule has 5 heteroatoms. The first-order valence-electron chi connectivity index (χ1n) is 4.27. The molecule has 0 N–H and O–H groups in total. The number of hydrogen-bond acceptors (Lipinski definition) is 1. The van der Waals surface area contributed by atoms with Gasteiger partial charge in [-0.2, -0.15) is 13.2 Å². The standard InChI is InChI=1S/C8H15BrF3N/c1-3-7(2)13(5-4-9)6-8(10,11)12/h7H,3-6H2,1-2H3. The summed E-state index contributed by atoms with van der Waals surface area (Å²) in [4.78, 5) is 1.44. The molecule has 0 amide bonds. The average Bonchev–Trinajstić information content (AvgIpc) is 2.00. The van der Waals surface area contributed by atoms with Gasteiger partial charge in [-0.25, -0.2) is 0 Å². The fraction of sp³-hybridized carbons (Fsp3) is 1.00. The third-order valence-electron chi connectivity index (χ3n) is 1.97. The third kappa shape index (κ3) is 6.32. The van der Waals surface area contributed by atoms with Gasteiger partial charge in [-0.15, -0.1) is 0 Å². The van der Waals surface area contributed by atoms with E-state index in [1.54, 1.807) is 0 Å². The van der Waals surface area contributed by atoms with E-state index in [1.165, 1.54) is 4.90 Å². The van der Waals surface area contributed by atoms with Crippen LogP contribution in [0.4, 0.5) is 13.2 Å². The van der Waals surface area contributed by atoms with E-state index in [2.05, 4.69) is 15.9 Å². The van der Waals surface area contributed by atoms with Crippen LogP contribution in [0.3, 0.4) is 0 Å². The Balaban J connectivity index is 4.09. The first-order chi connectivity index (χ1) is 5.90. The van der Waals surface area contributed by atoms with Crippen LogP contribution in [0, 0.1) is 0 Å². The minimum absolute atomic E-state index is 0.0147. The normalized spacial score (nSPS) is 15.0. The summed E-state index contributed by atoms with van der Waals surface area (Å²) in [5.74, 6) is 0. The predicted molar refractivity (Wildman–Crippen MR) is 51.2 cm³/mol. The van der Waals surface area contributed by atoms with Crippen LogP contribution >= 0.6 is 15.9 Å². The summed E-state index contributed by atoms with van der Waals surface area (Å²) in [5, 5.41) is 0.577. The van der Waals surface area contributed by atoms with Gasteiger partial charge in [0.1, 0.15) is 0 Å². The number of hydrogen-bond donors (Lipinski definition) is 0. The lowest BCUT2D eigenvalue weighted by Crippen LogP contribution is -2.41. The van der Waals surface area contributed by atoms with Gasteiger partial charge >= 0.3 is 6.18 Å². The van der Waals surface area contributed by atoms with Crippen molar-refractivity contribution in [3.05, 3.63) is 0 Å². The van der Waals surface area contributed by atoms with Crippen molar-refractivity contribution in [1.82, 2.24) is 4.90 Å². The zero-order valence-electron chi connectivity index (χ0n) is 7.86. The van der Waals surface area contributed by atoms with Crippen molar-refractivity contribution in [3.63, 3.8) is 0 Å². The molecule has 0 saturated carbocycles. The van der Waals surface area contributed by atoms with E-state index in [0.717, 1.165) is 6.42 Å². The lowest BCUT2D eigenvalue weighted by Gasteiger charge is -2.28. The van der Waals surface area contributed by atoms with Crippen LogP contribution < -0.4 is 0 Å². The van der Waals surface area contributed by atoms with Gasteiger partial charge in [0, 0.05) is 17.9 Å². The van der Waals surface area contributed by atoms with Gasteiger partial charge < -0.3 is 0 Å². The molecule has 0 saturated heterocycles. The van der Waals surface area contributed by atoms with Crippen LogP contribution in [0.1, 0.15) is 20.3 Å². The summed E-state index contributed by atoms with van der Waals surface area (Å²) in [7, 11) is 0. The Labute approximate surface area is 85.4 Å². The molecule has 0 aliphatic carbocycles. The first-order valence-corrected chi connectivity index (χ1v) is 5.39. The van der Waals surface area contributed by atoms with Crippen LogP contribution in [-0.2, 0) is 0 Å². The average molecular weight is 262 g/mol. The van der Waals surface area contributed by atoms with Crippen molar-refractivity contribution in [2.75, 3.05) is 18.4 Å². The van der Waals surface area contributed by atoms with Gasteiger partial charge in [-0.1, -0.05) is 22.9 Å². The molecule has 0 radical (unpaired) electrons. The molecule has 0 aromatic heterocycles. The molecule has 1 atom stereocenters. The number of rotatable bonds is 5. The second kappa shape index (κ2) is 5.86. The van der Waals surface area contributed by atoms with Gasteiger partial charge in [-0.05, 0) is 13.3 Å². The van der Waals surface area contributed by atoms with Crippen LogP contribution in [0.5, 0.6) is 0 Å². The molecule has 1 unspecified atom stereocenters. The van der Waals surface area contributed by atoms with E-state index in [-0.39, 0.29) is 6.04 Å². The molecule has 13 heavy (non-hydrogen) atoms. The highest BCUT2D eigenvalue weighted by atomic mass is 79.9. The van der Waals surface area contributed by atoms with Crippen LogP contribution in [0.2, 0.25) is 0 Å². The summed E-state index contributed by atoms with van der Waals surface area (Å²) < 4.78 is 36.2. The monoisotopic (exact) mass is 261 g/mol. The molecule has 0 aromatic rings. The third-order valence-corrected chi connectivity index (χ3v) is 2.32. The Kier molecular flexibility index (Phi) is 5.96. The highest BCUT2D eigenvalue weighted by Gasteiger charge is 2.31. The van der Waals surface area contributed by atoms with Crippen molar-refractivity contribution in [1.29, 1.82) is 0 Å². The van der Waals surface area contributed by atoms with Crippen LogP contribution in [0.25, 0.3) is 0 Å². The van der Waals surface area contributed by atoms with E-state index in [4.69, 9.17) is 0 Å². The summed E-state index contributed by atoms with van der Waals surface area (Å²) in [6.45, 7) is 3.33. The molecule has 1 nitrogen and oxygen atoms in total. The van der Waals surface area contributed by atoms with Gasteiger partial charge in [0.05, 0.1) is 6.54 Å². The zero-order valence-corrected chi connectivity index (χ0v) is 9.45. The maximum Gasteiger partial charge on any atom is 0.401 e. The van der Waals surface area contributed by atoms with Crippen molar-refractivity contribution in [3.8, 4) is 0 Å². The topological polar surface area (TPSA) is 3.24 Å². The van der Waals surface area contributed by atoms with E-state index in [9.17, 15) is 13.2 Å². The summed E-state index contributed by atoms with van der Waals surface area (Å²) in [6, 6.07) is -0.0147. The molecular weight excluding hydrogens is 247 g/mol. The lowest BCUT2D eigenvalue weighted by atomic mass is 10.2. The SMILES string of the molecule is CCC(C)N(CCBr)CC(F)(F)F. The molecule has 80 valence electrons. The fourth-order valence-electron chi connectivity index (χ4n) is 1.05. The molecule has 0 aliphatic rings. The largest absolute Gasteiger partial charge is 0.401 e. The highest BCUT2D eigenvalue weighted by Crippen LogP contribution is 2.18. The van der Waals surface area contributed by atoms with E-state index in [0.29, 0.717) is 11.9 Å². The maximum absolute atomic E-state index is 12.1. The molecule has 0 spiro atoms. The number of nitrogens with zero attached hydrogens (tertiary/aromatic N) is 1. The molecule has 0 fully saturated rings. The lowest BCUT2D eigenvalue weighted by molar-refractivity contribution is -0.149. The summed E-state index contributed by atoms with van der Waals surface area (Å²) >= 11 is 3.15. The van der Waals surface area contributed by atoms with Crippen molar-refractivity contribution < 1.29 is 13.2 Å². The van der Waals surface area contributed by atoms with Gasteiger partial charge in [0.2, 0.25) is 0 Å². The minimum atomic E-state index is -4.09. The molecule has 0 aliphatic heterocycles. The Hall–Kier alpha value is 0.230. The van der Waals surface area contributed by atoms with Gasteiger partial charge in [0.15, 0.2) is 0 Å². The molecule has 0 bridgehead atoms. The molecular formula is C8H15BrF3N. The Morgan fingerprint density at radius 2 is 1.92 bits per heavy atom. The van der Waals surface area contributed by atoms with Gasteiger partial charge in [-0.3, -0.25) is 4.90 Å². The van der Waals surface area contributed by atoms with Crippen LogP contribution in [0.15, 0.2) is 0 Å². The van der Waals surface area contributed by atoms with Crippen LogP contribution in [-0.4, -0.2) is 35.5 Å². The second-order valence-electron chi connectivity index (χ2n) is 3.03. The maximum atomic E-state index is 12.1. The Morgan fingerprint density at radius 1 is 1.38 bits per heavy atom. The Morgan fingerprint density at radius 3 is 2.23 bits per heavy atom. The quantitative estimate of drug-likeness (QED) is 0.688. The summed E-state index contributed by atoms with van der Waals surface area (Å²) in [6.07, 6.45) is -3.35. The van der Waals surface area contributed by atoms with E-state index in [1.807, 2.05) is 13.8 Å². The van der Waals surface area contributed by atoms with Crippen molar-refractivity contribution in [2.45, 2.75) is 32.5 Å². The smallest absolute Gasteiger partial charge is 0.291 e. The van der Waals surface area contributed by atoms with E-state index >= 15 is 0 Å². The zero-order chi connectivity index (χ0) is 10.5. The Bertz CT molecular complexity index is 138. The minimum Gasteiger partial charge on any atom is -0.291 e. The summed E-state index contributed by atoms with van der Waals surface area (Å²) in [5.41, 5.74) is 0. The predicted octanol–water partition coefficient (Wildman–Crippen LogP) is 3.04. The number of halogens is 4. The number of alkyl halides is 4. The van der Waals surface area contributed by atoms with Gasteiger partial charge in [0.25, 0.3) is 0 Å². The first kappa shape index (κ1) is 13.2. The molecule has 0 rings (SSSR count).